The van der Waals surface area contributed by atoms with Gasteiger partial charge < -0.3 is 9.80 Å². The van der Waals surface area contributed by atoms with E-state index < -0.39 is 0 Å². The first-order valence-electron chi connectivity index (χ1n) is 6.71. The van der Waals surface area contributed by atoms with Gasteiger partial charge in [0.25, 0.3) is 0 Å². The second-order valence-corrected chi connectivity index (χ2v) is 6.30. The molecule has 1 atom stereocenters. The number of hydrogen-bond donors (Lipinski definition) is 0. The van der Waals surface area contributed by atoms with Crippen LogP contribution in [0.1, 0.15) is 30.1 Å². The maximum Gasteiger partial charge on any atom is 0.161 e. The van der Waals surface area contributed by atoms with Gasteiger partial charge in [-0.3, -0.25) is 4.79 Å². The maximum atomic E-state index is 11.8. The molecule has 1 aromatic carbocycles. The molecule has 1 heterocycles. The average molecular weight is 325 g/mol. The summed E-state index contributed by atoms with van der Waals surface area (Å²) in [6.07, 6.45) is 2.40. The third-order valence-corrected chi connectivity index (χ3v) is 4.36. The number of benzene rings is 1. The zero-order valence-electron chi connectivity index (χ0n) is 11.8. The van der Waals surface area contributed by atoms with Crippen LogP contribution in [-0.2, 0) is 0 Å². The molecule has 0 aliphatic carbocycles. The van der Waals surface area contributed by atoms with E-state index in [-0.39, 0.29) is 5.78 Å². The zero-order chi connectivity index (χ0) is 14.0. The van der Waals surface area contributed by atoms with Gasteiger partial charge in [0, 0.05) is 35.4 Å². The molecular weight excluding hydrogens is 304 g/mol. The molecule has 104 valence electrons. The fourth-order valence-corrected chi connectivity index (χ4v) is 3.10. The lowest BCUT2D eigenvalue weighted by atomic mass is 10.0. The van der Waals surface area contributed by atoms with Crippen LogP contribution in [-0.4, -0.2) is 43.9 Å². The van der Waals surface area contributed by atoms with Gasteiger partial charge in [0.05, 0.1) is 0 Å². The minimum Gasteiger partial charge on any atom is -0.370 e. The molecular formula is C15H21BrN2O. The highest BCUT2D eigenvalue weighted by molar-refractivity contribution is 9.10. The van der Waals surface area contributed by atoms with Crippen LogP contribution in [0.4, 0.5) is 5.69 Å². The standard InChI is InChI=1S/C15H21BrN2O/c1-11(19)14-7-6-12(16)9-15(14)18(3)13-5-4-8-17(2)10-13/h6-7,9,13H,4-5,8,10H2,1-3H3. The monoisotopic (exact) mass is 324 g/mol. The Morgan fingerprint density at radius 3 is 2.84 bits per heavy atom. The Morgan fingerprint density at radius 1 is 1.47 bits per heavy atom. The lowest BCUT2D eigenvalue weighted by Crippen LogP contribution is -2.45. The van der Waals surface area contributed by atoms with Crippen LogP contribution in [0.5, 0.6) is 0 Å². The van der Waals surface area contributed by atoms with E-state index in [1.807, 2.05) is 18.2 Å². The zero-order valence-corrected chi connectivity index (χ0v) is 13.4. The van der Waals surface area contributed by atoms with Gasteiger partial charge in [-0.05, 0) is 51.6 Å². The molecule has 0 saturated carbocycles. The van der Waals surface area contributed by atoms with E-state index in [0.29, 0.717) is 6.04 Å². The third kappa shape index (κ3) is 3.37. The average Bonchev–Trinajstić information content (AvgIpc) is 2.37. The van der Waals surface area contributed by atoms with Gasteiger partial charge in [-0.2, -0.15) is 0 Å². The molecule has 0 bridgehead atoms. The summed E-state index contributed by atoms with van der Waals surface area (Å²) >= 11 is 3.50. The molecule has 0 amide bonds. The molecule has 0 spiro atoms. The second kappa shape index (κ2) is 6.06. The van der Waals surface area contributed by atoms with Crippen LogP contribution in [0.25, 0.3) is 0 Å². The van der Waals surface area contributed by atoms with Gasteiger partial charge in [-0.1, -0.05) is 15.9 Å². The molecule has 1 saturated heterocycles. The first kappa shape index (κ1) is 14.5. The molecule has 1 unspecified atom stereocenters. The first-order valence-corrected chi connectivity index (χ1v) is 7.50. The molecule has 0 N–H and O–H groups in total. The summed E-state index contributed by atoms with van der Waals surface area (Å²) in [5, 5.41) is 0. The van der Waals surface area contributed by atoms with Crippen molar-refractivity contribution in [3.05, 3.63) is 28.2 Å². The number of anilines is 1. The Kier molecular flexibility index (Phi) is 4.63. The summed E-state index contributed by atoms with van der Waals surface area (Å²) in [6.45, 7) is 3.86. The number of likely N-dealkylation sites (N-methyl/N-ethyl adjacent to an activating group) is 2. The topological polar surface area (TPSA) is 23.6 Å². The van der Waals surface area contributed by atoms with Crippen molar-refractivity contribution in [3.63, 3.8) is 0 Å². The SMILES string of the molecule is CC(=O)c1ccc(Br)cc1N(C)C1CCCN(C)C1. The highest BCUT2D eigenvalue weighted by Crippen LogP contribution is 2.28. The predicted molar refractivity (Wildman–Crippen MR) is 83.1 cm³/mol. The number of rotatable bonds is 3. The molecule has 19 heavy (non-hydrogen) atoms. The molecule has 1 fully saturated rings. The van der Waals surface area contributed by atoms with Gasteiger partial charge >= 0.3 is 0 Å². The Bertz CT molecular complexity index is 475. The second-order valence-electron chi connectivity index (χ2n) is 5.39. The minimum absolute atomic E-state index is 0.124. The maximum absolute atomic E-state index is 11.8. The van der Waals surface area contributed by atoms with Crippen molar-refractivity contribution in [3.8, 4) is 0 Å². The molecule has 1 aliphatic rings. The fourth-order valence-electron chi connectivity index (χ4n) is 2.75. The number of Topliss-reactive ketones (excluding diaryl/α,β-unsaturated/α-hetero) is 1. The Hall–Kier alpha value is -0.870. The van der Waals surface area contributed by atoms with Crippen molar-refractivity contribution in [1.29, 1.82) is 0 Å². The number of carbonyl (C=O) groups is 1. The number of carbonyl (C=O) groups excluding carboxylic acids is 1. The number of ketones is 1. The minimum atomic E-state index is 0.124. The molecule has 1 aromatic rings. The highest BCUT2D eigenvalue weighted by Gasteiger charge is 2.23. The van der Waals surface area contributed by atoms with E-state index in [1.54, 1.807) is 6.92 Å². The Balaban J connectivity index is 2.29. The van der Waals surface area contributed by atoms with Crippen LogP contribution < -0.4 is 4.90 Å². The van der Waals surface area contributed by atoms with Crippen molar-refractivity contribution >= 4 is 27.4 Å². The van der Waals surface area contributed by atoms with Gasteiger partial charge in [0.15, 0.2) is 5.78 Å². The van der Waals surface area contributed by atoms with E-state index in [9.17, 15) is 4.79 Å². The summed E-state index contributed by atoms with van der Waals surface area (Å²) in [4.78, 5) is 16.4. The van der Waals surface area contributed by atoms with Crippen molar-refractivity contribution in [2.24, 2.45) is 0 Å². The van der Waals surface area contributed by atoms with E-state index >= 15 is 0 Å². The first-order chi connectivity index (χ1) is 8.99. The lowest BCUT2D eigenvalue weighted by molar-refractivity contribution is 0.101. The molecule has 2 rings (SSSR count). The molecule has 0 radical (unpaired) electrons. The van der Waals surface area contributed by atoms with Crippen LogP contribution in [0.2, 0.25) is 0 Å². The predicted octanol–water partition coefficient (Wildman–Crippen LogP) is 3.18. The summed E-state index contributed by atoms with van der Waals surface area (Å²) in [7, 11) is 4.25. The van der Waals surface area contributed by atoms with Crippen molar-refractivity contribution in [2.45, 2.75) is 25.8 Å². The molecule has 1 aliphatic heterocycles. The summed E-state index contributed by atoms with van der Waals surface area (Å²) in [5.41, 5.74) is 1.83. The molecule has 3 nitrogen and oxygen atoms in total. The van der Waals surface area contributed by atoms with Crippen LogP contribution in [0, 0.1) is 0 Å². The number of halogens is 1. The quantitative estimate of drug-likeness (QED) is 0.798. The molecule has 0 aromatic heterocycles. The van der Waals surface area contributed by atoms with E-state index in [0.717, 1.165) is 22.3 Å². The summed E-state index contributed by atoms with van der Waals surface area (Å²) in [5.74, 6) is 0.124. The number of likely N-dealkylation sites (tertiary alicyclic amines) is 1. The van der Waals surface area contributed by atoms with E-state index in [1.165, 1.54) is 19.4 Å². The normalized spacial score (nSPS) is 20.3. The van der Waals surface area contributed by atoms with Gasteiger partial charge in [-0.25, -0.2) is 0 Å². The van der Waals surface area contributed by atoms with Crippen molar-refractivity contribution in [1.82, 2.24) is 4.90 Å². The van der Waals surface area contributed by atoms with E-state index in [4.69, 9.17) is 0 Å². The lowest BCUT2D eigenvalue weighted by Gasteiger charge is -2.37. The summed E-state index contributed by atoms with van der Waals surface area (Å²) < 4.78 is 1.02. The van der Waals surface area contributed by atoms with Gasteiger partial charge in [-0.15, -0.1) is 0 Å². The van der Waals surface area contributed by atoms with Crippen LogP contribution in [0.15, 0.2) is 22.7 Å². The van der Waals surface area contributed by atoms with Gasteiger partial charge in [0.2, 0.25) is 0 Å². The number of piperidine rings is 1. The van der Waals surface area contributed by atoms with Gasteiger partial charge in [0.1, 0.15) is 0 Å². The number of nitrogens with zero attached hydrogens (tertiary/aromatic N) is 2. The van der Waals surface area contributed by atoms with E-state index in [2.05, 4.69) is 39.8 Å². The smallest absolute Gasteiger partial charge is 0.161 e. The van der Waals surface area contributed by atoms with Crippen LogP contribution >= 0.6 is 15.9 Å². The Labute approximate surface area is 123 Å². The highest BCUT2D eigenvalue weighted by atomic mass is 79.9. The third-order valence-electron chi connectivity index (χ3n) is 3.87. The number of hydrogen-bond acceptors (Lipinski definition) is 3. The fraction of sp³-hybridized carbons (Fsp3) is 0.533. The Morgan fingerprint density at radius 2 is 2.21 bits per heavy atom. The largest absolute Gasteiger partial charge is 0.370 e. The van der Waals surface area contributed by atoms with Crippen LogP contribution in [0.3, 0.4) is 0 Å². The van der Waals surface area contributed by atoms with Crippen molar-refractivity contribution in [2.75, 3.05) is 32.1 Å². The molecule has 4 heteroatoms. The van der Waals surface area contributed by atoms with Crippen molar-refractivity contribution < 1.29 is 4.79 Å². The summed E-state index contributed by atoms with van der Waals surface area (Å²) in [6, 6.07) is 6.36.